The number of fused-ring (bicyclic) bond motifs is 1. The summed E-state index contributed by atoms with van der Waals surface area (Å²) in [7, 11) is 0. The van der Waals surface area contributed by atoms with Gasteiger partial charge in [0.05, 0.1) is 30.0 Å². The van der Waals surface area contributed by atoms with E-state index in [9.17, 15) is 19.8 Å². The van der Waals surface area contributed by atoms with Crippen LogP contribution in [0.4, 0.5) is 0 Å². The summed E-state index contributed by atoms with van der Waals surface area (Å²) in [4.78, 5) is 40.9. The van der Waals surface area contributed by atoms with E-state index in [1.807, 2.05) is 106 Å². The molecule has 5 atom stereocenters. The zero-order valence-corrected chi connectivity index (χ0v) is 30.8. The van der Waals surface area contributed by atoms with E-state index in [1.54, 1.807) is 18.6 Å². The Morgan fingerprint density at radius 1 is 0.981 bits per heavy atom. The van der Waals surface area contributed by atoms with Crippen LogP contribution in [0.15, 0.2) is 89.7 Å². The predicted molar refractivity (Wildman–Crippen MR) is 199 cm³/mol. The molecule has 3 heterocycles. The van der Waals surface area contributed by atoms with Gasteiger partial charge in [0.25, 0.3) is 0 Å². The van der Waals surface area contributed by atoms with Gasteiger partial charge in [-0.3, -0.25) is 24.4 Å². The maximum Gasteiger partial charge on any atom is 0.239 e. The second-order valence-electron chi connectivity index (χ2n) is 15.8. The van der Waals surface area contributed by atoms with Crippen LogP contribution in [0.2, 0.25) is 0 Å². The van der Waals surface area contributed by atoms with Gasteiger partial charge in [-0.05, 0) is 76.3 Å². The number of hydrogen-bond donors (Lipinski definition) is 4. The lowest BCUT2D eigenvalue weighted by molar-refractivity contribution is -0.134. The highest BCUT2D eigenvalue weighted by molar-refractivity contribution is 5.83. The molecule has 2 aliphatic rings. The second kappa shape index (κ2) is 15.7. The van der Waals surface area contributed by atoms with Gasteiger partial charge in [-0.2, -0.15) is 0 Å². The van der Waals surface area contributed by atoms with Crippen LogP contribution in [-0.2, 0) is 28.0 Å². The first-order valence-corrected chi connectivity index (χ1v) is 18.2. The number of carbonyl (C=O) groups is 2. The number of β-amino-alcohol motifs (C(OH)–C–C–N with tert-alkyl or cyclic N) is 1. The minimum Gasteiger partial charge on any atom is -0.439 e. The summed E-state index contributed by atoms with van der Waals surface area (Å²) in [5.41, 5.74) is 2.68. The number of aromatic nitrogens is 2. The molecule has 0 unspecified atom stereocenters. The number of piperazine rings is 1. The molecule has 2 aromatic carbocycles. The molecule has 52 heavy (non-hydrogen) atoms. The zero-order chi connectivity index (χ0) is 37.0. The molecule has 1 aliphatic heterocycles. The number of benzene rings is 2. The third kappa shape index (κ3) is 8.78. The smallest absolute Gasteiger partial charge is 0.239 e. The first-order valence-electron chi connectivity index (χ1n) is 18.2. The van der Waals surface area contributed by atoms with Crippen LogP contribution in [0.25, 0.3) is 11.3 Å². The lowest BCUT2D eigenvalue weighted by Crippen LogP contribution is -2.64. The Balaban J connectivity index is 1.18. The average molecular weight is 709 g/mol. The van der Waals surface area contributed by atoms with Gasteiger partial charge in [0.15, 0.2) is 5.76 Å². The van der Waals surface area contributed by atoms with Crippen LogP contribution in [0.1, 0.15) is 69.7 Å². The summed E-state index contributed by atoms with van der Waals surface area (Å²) in [6.07, 6.45) is 4.65. The minimum absolute atomic E-state index is 0.129. The average Bonchev–Trinajstić information content (AvgIpc) is 3.74. The topological polar surface area (TPSA) is 144 Å². The molecular formula is C41H52N6O5. The number of nitrogens with zero attached hydrogens (tertiary/aromatic N) is 4. The van der Waals surface area contributed by atoms with Gasteiger partial charge in [-0.15, -0.1) is 0 Å². The van der Waals surface area contributed by atoms with E-state index >= 15 is 0 Å². The number of carbonyl (C=O) groups excluding carboxylic acids is 2. The molecule has 2 aromatic heterocycles. The molecule has 4 N–H and O–H groups in total. The number of oxazole rings is 1. The molecule has 0 spiro atoms. The van der Waals surface area contributed by atoms with E-state index in [2.05, 4.69) is 25.5 Å². The van der Waals surface area contributed by atoms with Crippen molar-refractivity contribution in [3.05, 3.63) is 108 Å². The highest BCUT2D eigenvalue weighted by Gasteiger charge is 2.43. The van der Waals surface area contributed by atoms with Crippen LogP contribution < -0.4 is 10.6 Å². The summed E-state index contributed by atoms with van der Waals surface area (Å²) in [6.45, 7) is 11.7. The largest absolute Gasteiger partial charge is 0.439 e. The number of pyridine rings is 1. The SMILES string of the molecule is CC(C)(C)NC(=O)[C@@H]1CN(C(C)(C)c2ncc(-c3cccnc3)o2)CCN1C[C@@H](O)C[C@@H](Cc1ccccc1)C(=O)N[C@H]1c2ccccc2C[C@H]1O. The Bertz CT molecular complexity index is 1810. The van der Waals surface area contributed by atoms with Crippen molar-refractivity contribution in [3.63, 3.8) is 0 Å². The van der Waals surface area contributed by atoms with Crippen molar-refractivity contribution in [2.75, 3.05) is 26.2 Å². The maximum atomic E-state index is 14.0. The highest BCUT2D eigenvalue weighted by atomic mass is 16.4. The van der Waals surface area contributed by atoms with E-state index in [4.69, 9.17) is 4.42 Å². The lowest BCUT2D eigenvalue weighted by atomic mass is 9.91. The molecule has 11 nitrogen and oxygen atoms in total. The van der Waals surface area contributed by atoms with Crippen LogP contribution in [0.5, 0.6) is 0 Å². The van der Waals surface area contributed by atoms with Crippen molar-refractivity contribution in [2.45, 2.75) is 89.3 Å². The molecule has 4 aromatic rings. The fraction of sp³-hybridized carbons (Fsp3) is 0.463. The number of nitrogens with one attached hydrogen (secondary N) is 2. The molecule has 2 amide bonds. The molecule has 0 saturated carbocycles. The molecule has 6 rings (SSSR count). The first kappa shape index (κ1) is 37.3. The Hall–Kier alpha value is -4.42. The summed E-state index contributed by atoms with van der Waals surface area (Å²) < 4.78 is 6.24. The maximum absolute atomic E-state index is 14.0. The highest BCUT2D eigenvalue weighted by Crippen LogP contribution is 2.34. The molecule has 0 radical (unpaired) electrons. The van der Waals surface area contributed by atoms with E-state index in [0.717, 1.165) is 22.3 Å². The Morgan fingerprint density at radius 3 is 2.46 bits per heavy atom. The predicted octanol–water partition coefficient (Wildman–Crippen LogP) is 4.26. The Morgan fingerprint density at radius 2 is 1.73 bits per heavy atom. The summed E-state index contributed by atoms with van der Waals surface area (Å²) >= 11 is 0. The normalized spacial score (nSPS) is 20.9. The van der Waals surface area contributed by atoms with Crippen LogP contribution in [0.3, 0.4) is 0 Å². The summed E-state index contributed by atoms with van der Waals surface area (Å²) in [5.74, 6) is 0.267. The van der Waals surface area contributed by atoms with Crippen molar-refractivity contribution in [2.24, 2.45) is 5.92 Å². The standard InChI is InChI=1S/C41H52N6O5/c1-40(2,3)45-38(51)33-26-47(41(4,5)39-43-24-35(52-39)29-15-11-17-42-23-29)19-18-46(33)25-31(48)21-30(20-27-12-7-6-8-13-27)37(50)44-36-32-16-10-9-14-28(32)22-34(36)49/h6-17,23-24,30-31,33-34,36,48-49H,18-22,25-26H2,1-5H3,(H,44,50)(H,45,51)/t30-,31+,33+,34-,36+/m1/s1. The molecule has 1 saturated heterocycles. The second-order valence-corrected chi connectivity index (χ2v) is 15.8. The molecule has 276 valence electrons. The van der Waals surface area contributed by atoms with Gasteiger partial charge in [0.2, 0.25) is 17.7 Å². The lowest BCUT2D eigenvalue weighted by Gasteiger charge is -2.47. The van der Waals surface area contributed by atoms with Crippen molar-refractivity contribution >= 4 is 11.8 Å². The van der Waals surface area contributed by atoms with Gasteiger partial charge in [-0.1, -0.05) is 54.6 Å². The summed E-state index contributed by atoms with van der Waals surface area (Å²) in [6, 6.07) is 20.3. The Labute approximate surface area is 306 Å². The molecule has 0 bridgehead atoms. The fourth-order valence-electron chi connectivity index (χ4n) is 7.46. The monoisotopic (exact) mass is 708 g/mol. The van der Waals surface area contributed by atoms with Crippen LogP contribution >= 0.6 is 0 Å². The Kier molecular flexibility index (Phi) is 11.3. The van der Waals surface area contributed by atoms with Crippen molar-refractivity contribution in [1.82, 2.24) is 30.4 Å². The molecule has 1 fully saturated rings. The van der Waals surface area contributed by atoms with Gasteiger partial charge in [-0.25, -0.2) is 4.98 Å². The summed E-state index contributed by atoms with van der Waals surface area (Å²) in [5, 5.41) is 28.8. The number of hydrogen-bond acceptors (Lipinski definition) is 9. The van der Waals surface area contributed by atoms with Gasteiger partial charge < -0.3 is 25.3 Å². The van der Waals surface area contributed by atoms with E-state index in [1.165, 1.54) is 0 Å². The quantitative estimate of drug-likeness (QED) is 0.170. The number of aliphatic hydroxyl groups is 2. The number of rotatable bonds is 12. The van der Waals surface area contributed by atoms with Crippen molar-refractivity contribution in [3.8, 4) is 11.3 Å². The van der Waals surface area contributed by atoms with Crippen LogP contribution in [0, 0.1) is 5.92 Å². The third-order valence-electron chi connectivity index (χ3n) is 10.3. The van der Waals surface area contributed by atoms with Crippen molar-refractivity contribution in [1.29, 1.82) is 0 Å². The number of amides is 2. The van der Waals surface area contributed by atoms with E-state index in [0.29, 0.717) is 44.1 Å². The third-order valence-corrected chi connectivity index (χ3v) is 10.3. The number of aliphatic hydroxyl groups excluding tert-OH is 2. The van der Waals surface area contributed by atoms with E-state index in [-0.39, 0.29) is 24.8 Å². The van der Waals surface area contributed by atoms with Crippen LogP contribution in [-0.4, -0.2) is 91.8 Å². The zero-order valence-electron chi connectivity index (χ0n) is 30.8. The van der Waals surface area contributed by atoms with Crippen molar-refractivity contribution < 1.29 is 24.2 Å². The molecule has 1 aliphatic carbocycles. The van der Waals surface area contributed by atoms with Gasteiger partial charge >= 0.3 is 0 Å². The molecular weight excluding hydrogens is 656 g/mol. The first-order chi connectivity index (χ1) is 24.8. The van der Waals surface area contributed by atoms with E-state index < -0.39 is 41.3 Å². The van der Waals surface area contributed by atoms with Gasteiger partial charge in [0, 0.05) is 62.0 Å². The van der Waals surface area contributed by atoms with Gasteiger partial charge in [0.1, 0.15) is 6.04 Å². The molecule has 11 heteroatoms. The minimum atomic E-state index is -0.890. The fourth-order valence-corrected chi connectivity index (χ4v) is 7.46.